The molecule has 148 valence electrons. The van der Waals surface area contributed by atoms with Crippen LogP contribution in [0.4, 0.5) is 0 Å². The Morgan fingerprint density at radius 2 is 2.04 bits per heavy atom. The smallest absolute Gasteiger partial charge is 0.258 e. The number of amides is 1. The normalized spacial score (nSPS) is 24.0. The number of benzene rings is 2. The second kappa shape index (κ2) is 8.20. The molecule has 1 amide bonds. The summed E-state index contributed by atoms with van der Waals surface area (Å²) in [6.07, 6.45) is 1.62. The average molecular weight is 383 g/mol. The molecule has 4 rings (SSSR count). The van der Waals surface area contributed by atoms with Crippen molar-refractivity contribution in [3.05, 3.63) is 59.7 Å². The Morgan fingerprint density at radius 3 is 2.82 bits per heavy atom. The molecule has 1 saturated heterocycles. The van der Waals surface area contributed by atoms with Gasteiger partial charge in [0, 0.05) is 20.1 Å². The molecule has 1 aliphatic carbocycles. The fourth-order valence-electron chi connectivity index (χ4n) is 4.03. The SMILES string of the molecule is CO[C@@H]1C[C@@H]2OCCN(C(=O)c3cc(OCc4ccccc4)ccc3O)[C@@H]2C1. The predicted octanol–water partition coefficient (Wildman–Crippen LogP) is 2.99. The Hall–Kier alpha value is -2.57. The summed E-state index contributed by atoms with van der Waals surface area (Å²) in [5, 5.41) is 10.3. The second-order valence-corrected chi connectivity index (χ2v) is 7.26. The molecule has 0 aromatic heterocycles. The van der Waals surface area contributed by atoms with E-state index in [0.717, 1.165) is 18.4 Å². The van der Waals surface area contributed by atoms with Gasteiger partial charge in [0.1, 0.15) is 18.1 Å². The highest BCUT2D eigenvalue weighted by Crippen LogP contribution is 2.34. The van der Waals surface area contributed by atoms with E-state index >= 15 is 0 Å². The molecule has 1 aliphatic heterocycles. The lowest BCUT2D eigenvalue weighted by molar-refractivity contribution is -0.0455. The summed E-state index contributed by atoms with van der Waals surface area (Å²) < 4.78 is 17.1. The van der Waals surface area contributed by atoms with Gasteiger partial charge < -0.3 is 24.2 Å². The lowest BCUT2D eigenvalue weighted by Gasteiger charge is -2.37. The topological polar surface area (TPSA) is 68.2 Å². The molecule has 2 fully saturated rings. The van der Waals surface area contributed by atoms with Crippen molar-refractivity contribution in [2.75, 3.05) is 20.3 Å². The number of carbonyl (C=O) groups is 1. The van der Waals surface area contributed by atoms with Crippen LogP contribution in [0.25, 0.3) is 0 Å². The van der Waals surface area contributed by atoms with Crippen molar-refractivity contribution in [3.63, 3.8) is 0 Å². The summed E-state index contributed by atoms with van der Waals surface area (Å²) in [5.41, 5.74) is 1.29. The third-order valence-electron chi connectivity index (χ3n) is 5.53. The monoisotopic (exact) mass is 383 g/mol. The van der Waals surface area contributed by atoms with Crippen LogP contribution in [0, 0.1) is 0 Å². The van der Waals surface area contributed by atoms with Gasteiger partial charge in [0.05, 0.1) is 30.4 Å². The number of hydrogen-bond acceptors (Lipinski definition) is 5. The molecule has 6 nitrogen and oxygen atoms in total. The van der Waals surface area contributed by atoms with E-state index in [1.807, 2.05) is 35.2 Å². The van der Waals surface area contributed by atoms with E-state index in [1.54, 1.807) is 19.2 Å². The van der Waals surface area contributed by atoms with Crippen LogP contribution >= 0.6 is 0 Å². The maximum Gasteiger partial charge on any atom is 0.258 e. The zero-order valence-electron chi connectivity index (χ0n) is 15.9. The molecule has 2 aliphatic rings. The van der Waals surface area contributed by atoms with Crippen LogP contribution in [0.3, 0.4) is 0 Å². The van der Waals surface area contributed by atoms with E-state index in [4.69, 9.17) is 14.2 Å². The van der Waals surface area contributed by atoms with Crippen LogP contribution in [0.15, 0.2) is 48.5 Å². The summed E-state index contributed by atoms with van der Waals surface area (Å²) in [5.74, 6) is 0.315. The largest absolute Gasteiger partial charge is 0.507 e. The molecular weight excluding hydrogens is 358 g/mol. The van der Waals surface area contributed by atoms with Crippen molar-refractivity contribution in [1.82, 2.24) is 4.90 Å². The number of hydrogen-bond donors (Lipinski definition) is 1. The molecule has 2 aromatic rings. The highest BCUT2D eigenvalue weighted by molar-refractivity contribution is 5.97. The quantitative estimate of drug-likeness (QED) is 0.860. The van der Waals surface area contributed by atoms with Gasteiger partial charge in [-0.3, -0.25) is 4.79 Å². The Kier molecular flexibility index (Phi) is 5.50. The molecule has 6 heteroatoms. The van der Waals surface area contributed by atoms with Gasteiger partial charge in [-0.25, -0.2) is 0 Å². The Balaban J connectivity index is 1.50. The fourth-order valence-corrected chi connectivity index (χ4v) is 4.03. The highest BCUT2D eigenvalue weighted by atomic mass is 16.5. The number of carbonyl (C=O) groups excluding carboxylic acids is 1. The molecule has 0 radical (unpaired) electrons. The number of morpholine rings is 1. The average Bonchev–Trinajstić information content (AvgIpc) is 3.17. The number of phenols is 1. The lowest BCUT2D eigenvalue weighted by Crippen LogP contribution is -2.51. The van der Waals surface area contributed by atoms with Gasteiger partial charge >= 0.3 is 0 Å². The van der Waals surface area contributed by atoms with E-state index in [2.05, 4.69) is 0 Å². The van der Waals surface area contributed by atoms with E-state index in [-0.39, 0.29) is 35.5 Å². The van der Waals surface area contributed by atoms with Gasteiger partial charge in [-0.1, -0.05) is 30.3 Å². The number of nitrogens with zero attached hydrogens (tertiary/aromatic N) is 1. The first-order valence-corrected chi connectivity index (χ1v) is 9.61. The lowest BCUT2D eigenvalue weighted by atomic mass is 10.1. The zero-order valence-corrected chi connectivity index (χ0v) is 15.9. The Morgan fingerprint density at radius 1 is 1.21 bits per heavy atom. The first-order chi connectivity index (χ1) is 13.7. The minimum atomic E-state index is -0.197. The molecule has 1 N–H and O–H groups in total. The van der Waals surface area contributed by atoms with Crippen LogP contribution in [-0.4, -0.2) is 54.4 Å². The molecule has 3 atom stereocenters. The van der Waals surface area contributed by atoms with Crippen LogP contribution in [0.2, 0.25) is 0 Å². The van der Waals surface area contributed by atoms with Crippen molar-refractivity contribution in [1.29, 1.82) is 0 Å². The van der Waals surface area contributed by atoms with Crippen molar-refractivity contribution < 1.29 is 24.1 Å². The molecule has 1 saturated carbocycles. The van der Waals surface area contributed by atoms with E-state index in [0.29, 0.717) is 25.5 Å². The van der Waals surface area contributed by atoms with Gasteiger partial charge in [0.25, 0.3) is 5.91 Å². The minimum Gasteiger partial charge on any atom is -0.507 e. The number of aromatic hydroxyl groups is 1. The second-order valence-electron chi connectivity index (χ2n) is 7.26. The molecule has 1 heterocycles. The van der Waals surface area contributed by atoms with Gasteiger partial charge in [-0.15, -0.1) is 0 Å². The van der Waals surface area contributed by atoms with Gasteiger partial charge in [-0.05, 0) is 30.2 Å². The summed E-state index contributed by atoms with van der Waals surface area (Å²) in [6.45, 7) is 1.40. The van der Waals surface area contributed by atoms with Crippen molar-refractivity contribution in [2.45, 2.75) is 37.7 Å². The third kappa shape index (κ3) is 3.84. The van der Waals surface area contributed by atoms with Gasteiger partial charge in [0.15, 0.2) is 0 Å². The summed E-state index contributed by atoms with van der Waals surface area (Å²) in [4.78, 5) is 15.0. The van der Waals surface area contributed by atoms with Crippen LogP contribution in [0.1, 0.15) is 28.8 Å². The number of ether oxygens (including phenoxy) is 3. The van der Waals surface area contributed by atoms with Crippen molar-refractivity contribution in [2.24, 2.45) is 0 Å². The molecule has 0 unspecified atom stereocenters. The summed E-state index contributed by atoms with van der Waals surface area (Å²) in [7, 11) is 1.69. The molecular formula is C22H25NO5. The molecule has 0 spiro atoms. The maximum absolute atomic E-state index is 13.2. The summed E-state index contributed by atoms with van der Waals surface area (Å²) >= 11 is 0. The minimum absolute atomic E-state index is 0.0118. The fraction of sp³-hybridized carbons (Fsp3) is 0.409. The zero-order chi connectivity index (χ0) is 19.5. The Bertz CT molecular complexity index is 825. The number of methoxy groups -OCH3 is 1. The van der Waals surface area contributed by atoms with Gasteiger partial charge in [-0.2, -0.15) is 0 Å². The van der Waals surface area contributed by atoms with E-state index in [1.165, 1.54) is 6.07 Å². The van der Waals surface area contributed by atoms with Crippen LogP contribution in [-0.2, 0) is 16.1 Å². The number of phenolic OH excluding ortho intramolecular Hbond substituents is 1. The molecule has 28 heavy (non-hydrogen) atoms. The van der Waals surface area contributed by atoms with E-state index in [9.17, 15) is 9.90 Å². The number of rotatable bonds is 5. The van der Waals surface area contributed by atoms with Crippen molar-refractivity contribution in [3.8, 4) is 11.5 Å². The van der Waals surface area contributed by atoms with E-state index < -0.39 is 0 Å². The maximum atomic E-state index is 13.2. The highest BCUT2D eigenvalue weighted by Gasteiger charge is 2.43. The molecule has 0 bridgehead atoms. The van der Waals surface area contributed by atoms with Crippen LogP contribution < -0.4 is 4.74 Å². The first kappa shape index (κ1) is 18.8. The summed E-state index contributed by atoms with van der Waals surface area (Å²) in [6, 6.07) is 14.6. The third-order valence-corrected chi connectivity index (χ3v) is 5.53. The predicted molar refractivity (Wildman–Crippen MR) is 103 cm³/mol. The first-order valence-electron chi connectivity index (χ1n) is 9.61. The number of fused-ring (bicyclic) bond motifs is 1. The van der Waals surface area contributed by atoms with Crippen LogP contribution in [0.5, 0.6) is 11.5 Å². The standard InChI is InChI=1S/C22H25NO5/c1-26-17-12-19-21(13-17)27-10-9-23(19)22(25)18-11-16(7-8-20(18)24)28-14-15-5-3-2-4-6-15/h2-8,11,17,19,21,24H,9-10,12-14H2,1H3/t17-,19+,21-/m0/s1. The Labute approximate surface area is 164 Å². The van der Waals surface area contributed by atoms with Gasteiger partial charge in [0.2, 0.25) is 0 Å². The van der Waals surface area contributed by atoms with Crippen molar-refractivity contribution >= 4 is 5.91 Å². The molecule has 2 aromatic carbocycles.